The van der Waals surface area contributed by atoms with Crippen LogP contribution in [0.15, 0.2) is 34.8 Å². The molecule has 0 aliphatic heterocycles. The van der Waals surface area contributed by atoms with Crippen molar-refractivity contribution in [3.05, 3.63) is 56.5 Å². The predicted molar refractivity (Wildman–Crippen MR) is 91.0 cm³/mol. The van der Waals surface area contributed by atoms with E-state index in [0.717, 1.165) is 21.3 Å². The molecule has 0 aromatic heterocycles. The van der Waals surface area contributed by atoms with Crippen LogP contribution in [0.2, 0.25) is 5.02 Å². The lowest BCUT2D eigenvalue weighted by molar-refractivity contribution is 0.481. The zero-order valence-electron chi connectivity index (χ0n) is 11.0. The second kappa shape index (κ2) is 6.12. The average Bonchev–Trinajstić information content (AvgIpc) is 2.37. The molecule has 2 rings (SSSR count). The normalized spacial score (nSPS) is 10.4. The second-order valence-corrected chi connectivity index (χ2v) is 6.15. The van der Waals surface area contributed by atoms with Crippen molar-refractivity contribution in [2.75, 3.05) is 0 Å². The van der Waals surface area contributed by atoms with E-state index in [1.165, 1.54) is 0 Å². The van der Waals surface area contributed by atoms with Crippen LogP contribution in [-0.4, -0.2) is 4.99 Å². The lowest BCUT2D eigenvalue weighted by Gasteiger charge is -2.13. The summed E-state index contributed by atoms with van der Waals surface area (Å²) in [6.07, 6.45) is 0. The summed E-state index contributed by atoms with van der Waals surface area (Å²) in [4.78, 5) is 0.257. The first-order chi connectivity index (χ1) is 9.38. The van der Waals surface area contributed by atoms with Crippen LogP contribution in [0.5, 0.6) is 11.5 Å². The van der Waals surface area contributed by atoms with Gasteiger partial charge in [0.1, 0.15) is 16.5 Å². The van der Waals surface area contributed by atoms with Gasteiger partial charge < -0.3 is 10.5 Å². The number of hydrogen-bond donors (Lipinski definition) is 1. The highest BCUT2D eigenvalue weighted by Crippen LogP contribution is 2.32. The molecule has 20 heavy (non-hydrogen) atoms. The number of aryl methyl sites for hydroxylation is 2. The Morgan fingerprint density at radius 3 is 2.35 bits per heavy atom. The van der Waals surface area contributed by atoms with Crippen molar-refractivity contribution in [2.45, 2.75) is 13.8 Å². The van der Waals surface area contributed by atoms with Gasteiger partial charge >= 0.3 is 0 Å². The van der Waals surface area contributed by atoms with Gasteiger partial charge in [0, 0.05) is 9.50 Å². The Bertz CT molecular complexity index is 665. The van der Waals surface area contributed by atoms with Crippen LogP contribution in [0.1, 0.15) is 16.7 Å². The fraction of sp³-hybridized carbons (Fsp3) is 0.133. The second-order valence-electron chi connectivity index (χ2n) is 4.48. The predicted octanol–water partition coefficient (Wildman–Crippen LogP) is 5.15. The smallest absolute Gasteiger partial charge is 0.137 e. The molecule has 0 fully saturated rings. The van der Waals surface area contributed by atoms with Crippen LogP contribution >= 0.6 is 39.7 Å². The van der Waals surface area contributed by atoms with E-state index in [1.807, 2.05) is 26.0 Å². The summed E-state index contributed by atoms with van der Waals surface area (Å²) in [6.45, 7) is 4.03. The maximum atomic E-state index is 5.96. The minimum atomic E-state index is 0.257. The summed E-state index contributed by atoms with van der Waals surface area (Å²) in [5.74, 6) is 1.34. The van der Waals surface area contributed by atoms with E-state index in [-0.39, 0.29) is 4.99 Å². The third-order valence-corrected chi connectivity index (χ3v) is 4.55. The Balaban J connectivity index is 2.42. The van der Waals surface area contributed by atoms with Crippen molar-refractivity contribution >= 4 is 44.7 Å². The Morgan fingerprint density at radius 2 is 1.80 bits per heavy atom. The Kier molecular flexibility index (Phi) is 4.68. The quantitative estimate of drug-likeness (QED) is 0.759. The number of thiocarbonyl (C=S) groups is 1. The van der Waals surface area contributed by atoms with Crippen molar-refractivity contribution < 1.29 is 4.74 Å². The van der Waals surface area contributed by atoms with Crippen molar-refractivity contribution in [1.82, 2.24) is 0 Å². The van der Waals surface area contributed by atoms with Gasteiger partial charge in [-0.25, -0.2) is 0 Å². The average molecular weight is 371 g/mol. The van der Waals surface area contributed by atoms with Gasteiger partial charge in [-0.05, 0) is 55.3 Å². The van der Waals surface area contributed by atoms with E-state index in [9.17, 15) is 0 Å². The summed E-state index contributed by atoms with van der Waals surface area (Å²) >= 11 is 14.5. The molecule has 0 heterocycles. The molecule has 0 saturated heterocycles. The number of halogens is 2. The van der Waals surface area contributed by atoms with Crippen molar-refractivity contribution in [1.29, 1.82) is 0 Å². The van der Waals surface area contributed by atoms with E-state index in [0.29, 0.717) is 16.3 Å². The van der Waals surface area contributed by atoms with Gasteiger partial charge in [0.25, 0.3) is 0 Å². The van der Waals surface area contributed by atoms with Gasteiger partial charge in [-0.15, -0.1) is 0 Å². The van der Waals surface area contributed by atoms with Crippen LogP contribution in [0.25, 0.3) is 0 Å². The van der Waals surface area contributed by atoms with Crippen LogP contribution < -0.4 is 10.5 Å². The molecule has 0 saturated carbocycles. The molecule has 2 aromatic rings. The Morgan fingerprint density at radius 1 is 1.20 bits per heavy atom. The van der Waals surface area contributed by atoms with Gasteiger partial charge in [0.05, 0.1) is 5.56 Å². The maximum Gasteiger partial charge on any atom is 0.137 e. The van der Waals surface area contributed by atoms with Crippen molar-refractivity contribution in [3.8, 4) is 11.5 Å². The van der Waals surface area contributed by atoms with Crippen molar-refractivity contribution in [2.24, 2.45) is 5.73 Å². The molecule has 2 N–H and O–H groups in total. The zero-order chi connectivity index (χ0) is 14.9. The highest BCUT2D eigenvalue weighted by molar-refractivity contribution is 9.10. The largest absolute Gasteiger partial charge is 0.457 e. The molecule has 0 spiro atoms. The van der Waals surface area contributed by atoms with E-state index < -0.39 is 0 Å². The molecule has 0 atom stereocenters. The number of nitrogens with two attached hydrogens (primary N) is 1. The lowest BCUT2D eigenvalue weighted by Crippen LogP contribution is -2.10. The first-order valence-electron chi connectivity index (χ1n) is 5.92. The van der Waals surface area contributed by atoms with E-state index in [2.05, 4.69) is 15.9 Å². The van der Waals surface area contributed by atoms with E-state index in [4.69, 9.17) is 34.3 Å². The van der Waals surface area contributed by atoms with Gasteiger partial charge in [-0.2, -0.15) is 0 Å². The third-order valence-electron chi connectivity index (χ3n) is 2.84. The molecular weight excluding hydrogens is 358 g/mol. The molecule has 0 bridgehead atoms. The topological polar surface area (TPSA) is 35.2 Å². The highest BCUT2D eigenvalue weighted by Gasteiger charge is 2.10. The van der Waals surface area contributed by atoms with Crippen LogP contribution in [0, 0.1) is 13.8 Å². The van der Waals surface area contributed by atoms with Crippen LogP contribution in [-0.2, 0) is 0 Å². The van der Waals surface area contributed by atoms with E-state index >= 15 is 0 Å². The molecule has 5 heteroatoms. The number of ether oxygens (including phenoxy) is 1. The Labute approximate surface area is 137 Å². The van der Waals surface area contributed by atoms with Crippen LogP contribution in [0.3, 0.4) is 0 Å². The van der Waals surface area contributed by atoms with Gasteiger partial charge in [0.15, 0.2) is 0 Å². The zero-order valence-corrected chi connectivity index (χ0v) is 14.2. The number of hydrogen-bond acceptors (Lipinski definition) is 2. The molecule has 2 nitrogen and oxygen atoms in total. The lowest BCUT2D eigenvalue weighted by atomic mass is 10.1. The van der Waals surface area contributed by atoms with Crippen LogP contribution in [0.4, 0.5) is 0 Å². The number of rotatable bonds is 3. The summed E-state index contributed by atoms with van der Waals surface area (Å²) in [7, 11) is 0. The minimum absolute atomic E-state index is 0.257. The molecular formula is C15H13BrClNOS. The molecule has 0 aliphatic rings. The Hall–Kier alpha value is -1.10. The monoisotopic (exact) mass is 369 g/mol. The molecule has 2 aromatic carbocycles. The third kappa shape index (κ3) is 3.32. The maximum absolute atomic E-state index is 5.96. The molecule has 0 aliphatic carbocycles. The molecule has 0 unspecified atom stereocenters. The fourth-order valence-corrected chi connectivity index (χ4v) is 2.44. The molecule has 0 radical (unpaired) electrons. The molecule has 0 amide bonds. The SMILES string of the molecule is Cc1cc(Oc2ccc(Cl)cc2C(N)=S)cc(C)c1Br. The standard InChI is InChI=1S/C15H13BrClNOS/c1-8-5-11(6-9(2)14(8)16)19-13-4-3-10(17)7-12(13)15(18)20/h3-7H,1-2H3,(H2,18,20). The fourth-order valence-electron chi connectivity index (χ4n) is 1.88. The van der Waals surface area contributed by atoms with Gasteiger partial charge in [0.2, 0.25) is 0 Å². The summed E-state index contributed by atoms with van der Waals surface area (Å²) in [6, 6.07) is 9.13. The summed E-state index contributed by atoms with van der Waals surface area (Å²) in [5, 5.41) is 0.573. The van der Waals surface area contributed by atoms with Gasteiger partial charge in [-0.3, -0.25) is 0 Å². The first kappa shape index (κ1) is 15.3. The van der Waals surface area contributed by atoms with Crippen molar-refractivity contribution in [3.63, 3.8) is 0 Å². The van der Waals surface area contributed by atoms with E-state index in [1.54, 1.807) is 18.2 Å². The number of benzene rings is 2. The van der Waals surface area contributed by atoms with Gasteiger partial charge in [-0.1, -0.05) is 39.7 Å². The summed E-state index contributed by atoms with van der Waals surface area (Å²) in [5.41, 5.74) is 8.54. The minimum Gasteiger partial charge on any atom is -0.457 e. The highest BCUT2D eigenvalue weighted by atomic mass is 79.9. The molecule has 104 valence electrons. The first-order valence-corrected chi connectivity index (χ1v) is 7.50. The summed E-state index contributed by atoms with van der Waals surface area (Å²) < 4.78 is 6.97.